The normalized spacial score (nSPS) is 11.1. The summed E-state index contributed by atoms with van der Waals surface area (Å²) in [6, 6.07) is 0. The van der Waals surface area contributed by atoms with Crippen molar-refractivity contribution < 1.29 is 29.6 Å². The van der Waals surface area contributed by atoms with Crippen LogP contribution in [-0.4, -0.2) is 47.1 Å². The number of esters is 1. The average Bonchev–Trinajstić information content (AvgIpc) is 2.21. The first kappa shape index (κ1) is 13.9. The van der Waals surface area contributed by atoms with E-state index < -0.39 is 30.6 Å². The highest BCUT2D eigenvalue weighted by Crippen LogP contribution is 2.22. The predicted molar refractivity (Wildman–Crippen MR) is 50.1 cm³/mol. The molecule has 0 unspecified atom stereocenters. The molecule has 88 valence electrons. The summed E-state index contributed by atoms with van der Waals surface area (Å²) >= 11 is 0. The Morgan fingerprint density at radius 3 is 2.13 bits per heavy atom. The zero-order valence-corrected chi connectivity index (χ0v) is 8.60. The maximum Gasteiger partial charge on any atom is 0.316 e. The van der Waals surface area contributed by atoms with Gasteiger partial charge in [0, 0.05) is 0 Å². The highest BCUT2D eigenvalue weighted by Gasteiger charge is 2.37. The van der Waals surface area contributed by atoms with Crippen LogP contribution >= 0.6 is 0 Å². The number of ether oxygens (including phenoxy) is 1. The van der Waals surface area contributed by atoms with Crippen LogP contribution in [0, 0.1) is 5.41 Å². The van der Waals surface area contributed by atoms with E-state index in [1.807, 2.05) is 0 Å². The Balaban J connectivity index is 4.21. The molecule has 0 rings (SSSR count). The van der Waals surface area contributed by atoms with Gasteiger partial charge in [-0.2, -0.15) is 0 Å². The quantitative estimate of drug-likeness (QED) is 0.494. The van der Waals surface area contributed by atoms with Crippen LogP contribution in [0.2, 0.25) is 0 Å². The summed E-state index contributed by atoms with van der Waals surface area (Å²) < 4.78 is 4.65. The first-order chi connectivity index (χ1) is 7.02. The van der Waals surface area contributed by atoms with Crippen molar-refractivity contribution in [2.45, 2.75) is 19.8 Å². The van der Waals surface area contributed by atoms with Crippen LogP contribution in [0.4, 0.5) is 0 Å². The Bertz CT molecular complexity index is 212. The molecule has 0 aromatic carbocycles. The van der Waals surface area contributed by atoms with Crippen LogP contribution in [0.5, 0.6) is 0 Å². The summed E-state index contributed by atoms with van der Waals surface area (Å²) in [6.45, 7) is 0.332. The summed E-state index contributed by atoms with van der Waals surface area (Å²) in [4.78, 5) is 21.6. The Labute approximate surface area is 87.5 Å². The van der Waals surface area contributed by atoms with Crippen LogP contribution in [0.15, 0.2) is 0 Å². The van der Waals surface area contributed by atoms with Gasteiger partial charge in [-0.3, -0.25) is 9.59 Å². The fourth-order valence-electron chi connectivity index (χ4n) is 0.931. The number of hydrogen-bond donors (Lipinski definition) is 3. The highest BCUT2D eigenvalue weighted by molar-refractivity contribution is 5.77. The first-order valence-electron chi connectivity index (χ1n) is 4.63. The number of aliphatic hydroxyl groups is 2. The van der Waals surface area contributed by atoms with Crippen molar-refractivity contribution in [3.63, 3.8) is 0 Å². The van der Waals surface area contributed by atoms with Crippen molar-refractivity contribution >= 4 is 11.9 Å². The summed E-state index contributed by atoms with van der Waals surface area (Å²) in [7, 11) is 0. The van der Waals surface area contributed by atoms with E-state index in [1.54, 1.807) is 6.92 Å². The Hall–Kier alpha value is -1.14. The Kier molecular flexibility index (Phi) is 5.88. The SMILES string of the molecule is CCC(CO)(CO)C(=O)OCCC(=O)O. The third kappa shape index (κ3) is 3.85. The molecule has 0 aliphatic rings. The number of hydrogen-bond acceptors (Lipinski definition) is 5. The summed E-state index contributed by atoms with van der Waals surface area (Å²) in [6.07, 6.45) is -0.0612. The first-order valence-corrected chi connectivity index (χ1v) is 4.63. The van der Waals surface area contributed by atoms with E-state index in [4.69, 9.17) is 15.3 Å². The molecule has 6 nitrogen and oxygen atoms in total. The molecule has 0 aliphatic heterocycles. The van der Waals surface area contributed by atoms with E-state index >= 15 is 0 Å². The maximum absolute atomic E-state index is 11.4. The zero-order chi connectivity index (χ0) is 11.9. The van der Waals surface area contributed by atoms with Gasteiger partial charge in [-0.05, 0) is 6.42 Å². The van der Waals surface area contributed by atoms with Gasteiger partial charge in [-0.25, -0.2) is 0 Å². The van der Waals surface area contributed by atoms with Crippen molar-refractivity contribution in [1.29, 1.82) is 0 Å². The molecule has 0 saturated carbocycles. The van der Waals surface area contributed by atoms with Gasteiger partial charge in [-0.1, -0.05) is 6.92 Å². The minimum absolute atomic E-state index is 0.228. The maximum atomic E-state index is 11.4. The Morgan fingerprint density at radius 2 is 1.80 bits per heavy atom. The lowest BCUT2D eigenvalue weighted by Crippen LogP contribution is -2.39. The van der Waals surface area contributed by atoms with Crippen LogP contribution in [-0.2, 0) is 14.3 Å². The number of aliphatic carboxylic acids is 1. The van der Waals surface area contributed by atoms with E-state index in [-0.39, 0.29) is 19.4 Å². The average molecular weight is 220 g/mol. The topological polar surface area (TPSA) is 104 Å². The smallest absolute Gasteiger partial charge is 0.316 e. The predicted octanol–water partition coefficient (Wildman–Crippen LogP) is -0.615. The molecular formula is C9H16O6. The molecule has 0 aromatic rings. The highest BCUT2D eigenvalue weighted by atomic mass is 16.5. The lowest BCUT2D eigenvalue weighted by Gasteiger charge is -2.25. The molecule has 0 atom stereocenters. The van der Waals surface area contributed by atoms with E-state index in [1.165, 1.54) is 0 Å². The van der Waals surface area contributed by atoms with Crippen LogP contribution in [0.25, 0.3) is 0 Å². The van der Waals surface area contributed by atoms with Gasteiger partial charge >= 0.3 is 11.9 Å². The molecular weight excluding hydrogens is 204 g/mol. The summed E-state index contributed by atoms with van der Waals surface area (Å²) in [5, 5.41) is 26.3. The van der Waals surface area contributed by atoms with Gasteiger partial charge in [0.2, 0.25) is 0 Å². The molecule has 0 spiro atoms. The van der Waals surface area contributed by atoms with E-state index in [0.29, 0.717) is 0 Å². The van der Waals surface area contributed by atoms with E-state index in [2.05, 4.69) is 4.74 Å². The van der Waals surface area contributed by atoms with E-state index in [9.17, 15) is 9.59 Å². The fourth-order valence-corrected chi connectivity index (χ4v) is 0.931. The van der Waals surface area contributed by atoms with Gasteiger partial charge in [0.05, 0.1) is 19.6 Å². The summed E-state index contributed by atoms with van der Waals surface area (Å²) in [5.41, 5.74) is -1.32. The van der Waals surface area contributed by atoms with Crippen LogP contribution in [0.1, 0.15) is 19.8 Å². The largest absolute Gasteiger partial charge is 0.481 e. The van der Waals surface area contributed by atoms with Gasteiger partial charge in [-0.15, -0.1) is 0 Å². The minimum atomic E-state index is -1.32. The molecule has 15 heavy (non-hydrogen) atoms. The number of carbonyl (C=O) groups is 2. The number of aliphatic hydroxyl groups excluding tert-OH is 2. The fraction of sp³-hybridized carbons (Fsp3) is 0.778. The van der Waals surface area contributed by atoms with Crippen LogP contribution < -0.4 is 0 Å². The second kappa shape index (κ2) is 6.36. The molecule has 0 aliphatic carbocycles. The van der Waals surface area contributed by atoms with Crippen molar-refractivity contribution in [2.75, 3.05) is 19.8 Å². The minimum Gasteiger partial charge on any atom is -0.481 e. The second-order valence-corrected chi connectivity index (χ2v) is 3.23. The molecule has 0 saturated heterocycles. The van der Waals surface area contributed by atoms with Crippen molar-refractivity contribution in [1.82, 2.24) is 0 Å². The van der Waals surface area contributed by atoms with E-state index in [0.717, 1.165) is 0 Å². The number of carboxylic acid groups (broad SMARTS) is 1. The molecule has 6 heteroatoms. The monoisotopic (exact) mass is 220 g/mol. The number of carbonyl (C=O) groups excluding carboxylic acids is 1. The lowest BCUT2D eigenvalue weighted by atomic mass is 9.87. The molecule has 0 amide bonds. The molecule has 0 fully saturated rings. The van der Waals surface area contributed by atoms with Crippen molar-refractivity contribution in [3.05, 3.63) is 0 Å². The number of rotatable bonds is 7. The second-order valence-electron chi connectivity index (χ2n) is 3.23. The van der Waals surface area contributed by atoms with Crippen molar-refractivity contribution in [2.24, 2.45) is 5.41 Å². The summed E-state index contributed by atoms with van der Waals surface area (Å²) in [5.74, 6) is -1.84. The zero-order valence-electron chi connectivity index (χ0n) is 8.60. The molecule has 0 radical (unpaired) electrons. The molecule has 0 aromatic heterocycles. The van der Waals surface area contributed by atoms with Crippen LogP contribution in [0.3, 0.4) is 0 Å². The van der Waals surface area contributed by atoms with Gasteiger partial charge < -0.3 is 20.1 Å². The molecule has 0 heterocycles. The van der Waals surface area contributed by atoms with Gasteiger partial charge in [0.25, 0.3) is 0 Å². The van der Waals surface area contributed by atoms with Gasteiger partial charge in [0.15, 0.2) is 0 Å². The Morgan fingerprint density at radius 1 is 1.27 bits per heavy atom. The lowest BCUT2D eigenvalue weighted by molar-refractivity contribution is -0.162. The third-order valence-corrected chi connectivity index (χ3v) is 2.26. The standard InChI is InChI=1S/C9H16O6/c1-2-9(5-10,6-11)8(14)15-4-3-7(12)13/h10-11H,2-6H2,1H3,(H,12,13). The third-order valence-electron chi connectivity index (χ3n) is 2.26. The number of carboxylic acids is 1. The van der Waals surface area contributed by atoms with Crippen molar-refractivity contribution in [3.8, 4) is 0 Å². The van der Waals surface area contributed by atoms with Gasteiger partial charge in [0.1, 0.15) is 12.0 Å². The molecule has 0 bridgehead atoms. The molecule has 3 N–H and O–H groups in total.